The Kier molecular flexibility index (Phi) is 4.56. The van der Waals surface area contributed by atoms with Gasteiger partial charge in [-0.05, 0) is 25.7 Å². The Morgan fingerprint density at radius 3 is 2.92 bits per heavy atom. The number of imidazole rings is 2. The molecule has 3 aromatic rings. The predicted octanol–water partition coefficient (Wildman–Crippen LogP) is 3.13. The number of H-pyrrole nitrogens is 1. The SMILES string of the molecule is Cc1[nH]c(-c2ccccc2)nc1C(=O)N1CCC[C@@H](Cn2ccnc2)C1. The maximum Gasteiger partial charge on any atom is 0.274 e. The van der Waals surface area contributed by atoms with Crippen LogP contribution < -0.4 is 0 Å². The highest BCUT2D eigenvalue weighted by Gasteiger charge is 2.27. The number of nitrogens with one attached hydrogen (secondary N) is 1. The van der Waals surface area contributed by atoms with Crippen molar-refractivity contribution in [2.75, 3.05) is 13.1 Å². The molecular weight excluding hydrogens is 326 g/mol. The van der Waals surface area contributed by atoms with Gasteiger partial charge in [0.25, 0.3) is 5.91 Å². The van der Waals surface area contributed by atoms with Gasteiger partial charge < -0.3 is 14.5 Å². The van der Waals surface area contributed by atoms with Crippen LogP contribution in [0.4, 0.5) is 0 Å². The number of piperidine rings is 1. The highest BCUT2D eigenvalue weighted by molar-refractivity contribution is 5.94. The molecule has 6 heteroatoms. The monoisotopic (exact) mass is 349 g/mol. The van der Waals surface area contributed by atoms with Crippen molar-refractivity contribution in [3.63, 3.8) is 0 Å². The van der Waals surface area contributed by atoms with Crippen LogP contribution in [0.1, 0.15) is 29.0 Å². The van der Waals surface area contributed by atoms with Gasteiger partial charge in [0.15, 0.2) is 0 Å². The van der Waals surface area contributed by atoms with Crippen LogP contribution in [-0.2, 0) is 6.54 Å². The van der Waals surface area contributed by atoms with Gasteiger partial charge in [0.2, 0.25) is 0 Å². The average molecular weight is 349 g/mol. The van der Waals surface area contributed by atoms with Crippen LogP contribution >= 0.6 is 0 Å². The molecular formula is C20H23N5O. The van der Waals surface area contributed by atoms with Crippen molar-refractivity contribution in [2.24, 2.45) is 5.92 Å². The van der Waals surface area contributed by atoms with Crippen molar-refractivity contribution >= 4 is 5.91 Å². The summed E-state index contributed by atoms with van der Waals surface area (Å²) in [5, 5.41) is 0. The molecule has 0 radical (unpaired) electrons. The number of aromatic amines is 1. The number of aromatic nitrogens is 4. The van der Waals surface area contributed by atoms with E-state index in [2.05, 4.69) is 19.5 Å². The van der Waals surface area contributed by atoms with Crippen LogP contribution in [0.25, 0.3) is 11.4 Å². The molecule has 1 saturated heterocycles. The molecule has 1 amide bonds. The second kappa shape index (κ2) is 7.15. The largest absolute Gasteiger partial charge is 0.341 e. The summed E-state index contributed by atoms with van der Waals surface area (Å²) in [6, 6.07) is 9.91. The molecule has 3 heterocycles. The van der Waals surface area contributed by atoms with E-state index in [9.17, 15) is 4.79 Å². The number of benzene rings is 1. The van der Waals surface area contributed by atoms with E-state index in [4.69, 9.17) is 0 Å². The lowest BCUT2D eigenvalue weighted by atomic mass is 9.97. The van der Waals surface area contributed by atoms with E-state index in [0.717, 1.165) is 49.6 Å². The Labute approximate surface area is 152 Å². The number of carbonyl (C=O) groups is 1. The summed E-state index contributed by atoms with van der Waals surface area (Å²) < 4.78 is 2.09. The minimum absolute atomic E-state index is 0.0243. The first-order chi connectivity index (χ1) is 12.7. The highest BCUT2D eigenvalue weighted by Crippen LogP contribution is 2.23. The third-order valence-corrected chi connectivity index (χ3v) is 4.97. The van der Waals surface area contributed by atoms with Crippen molar-refractivity contribution in [3.8, 4) is 11.4 Å². The molecule has 4 rings (SSSR count). The Hall–Kier alpha value is -2.89. The predicted molar refractivity (Wildman–Crippen MR) is 99.6 cm³/mol. The van der Waals surface area contributed by atoms with Gasteiger partial charge in [0, 0.05) is 43.3 Å². The van der Waals surface area contributed by atoms with Gasteiger partial charge >= 0.3 is 0 Å². The number of hydrogen-bond acceptors (Lipinski definition) is 3. The molecule has 26 heavy (non-hydrogen) atoms. The third-order valence-electron chi connectivity index (χ3n) is 4.97. The third kappa shape index (κ3) is 3.40. The van der Waals surface area contributed by atoms with Gasteiger partial charge in [-0.3, -0.25) is 4.79 Å². The normalized spacial score (nSPS) is 17.4. The Morgan fingerprint density at radius 1 is 1.31 bits per heavy atom. The molecule has 1 aliphatic rings. The number of nitrogens with zero attached hydrogens (tertiary/aromatic N) is 4. The molecule has 6 nitrogen and oxygen atoms in total. The minimum atomic E-state index is 0.0243. The first kappa shape index (κ1) is 16.6. The minimum Gasteiger partial charge on any atom is -0.341 e. The van der Waals surface area contributed by atoms with Crippen molar-refractivity contribution < 1.29 is 4.79 Å². The lowest BCUT2D eigenvalue weighted by Crippen LogP contribution is -2.41. The fourth-order valence-electron chi connectivity index (χ4n) is 3.64. The fourth-order valence-corrected chi connectivity index (χ4v) is 3.64. The average Bonchev–Trinajstić information content (AvgIpc) is 3.32. The molecule has 2 aromatic heterocycles. The van der Waals surface area contributed by atoms with Crippen LogP contribution in [-0.4, -0.2) is 43.4 Å². The lowest BCUT2D eigenvalue weighted by molar-refractivity contribution is 0.0656. The summed E-state index contributed by atoms with van der Waals surface area (Å²) in [7, 11) is 0. The molecule has 1 aromatic carbocycles. The maximum atomic E-state index is 13.0. The summed E-state index contributed by atoms with van der Waals surface area (Å²) in [4.78, 5) is 26.9. The standard InChI is InChI=1S/C20H23N5O/c1-15-18(23-19(22-15)17-7-3-2-4-8-17)20(26)25-10-5-6-16(13-25)12-24-11-9-21-14-24/h2-4,7-9,11,14,16H,5-6,10,12-13H2,1H3,(H,22,23)/t16-/m0/s1. The van der Waals surface area contributed by atoms with Crippen LogP contribution in [0.5, 0.6) is 0 Å². The summed E-state index contributed by atoms with van der Waals surface area (Å²) in [6.07, 6.45) is 7.77. The van der Waals surface area contributed by atoms with Gasteiger partial charge in [-0.2, -0.15) is 0 Å². The van der Waals surface area contributed by atoms with Gasteiger partial charge in [-0.15, -0.1) is 0 Å². The summed E-state index contributed by atoms with van der Waals surface area (Å²) in [5.41, 5.74) is 2.35. The van der Waals surface area contributed by atoms with E-state index >= 15 is 0 Å². The molecule has 0 unspecified atom stereocenters. The number of hydrogen-bond donors (Lipinski definition) is 1. The topological polar surface area (TPSA) is 66.8 Å². The Balaban J connectivity index is 1.49. The zero-order valence-electron chi connectivity index (χ0n) is 14.9. The number of rotatable bonds is 4. The zero-order valence-corrected chi connectivity index (χ0v) is 14.9. The van der Waals surface area contributed by atoms with Gasteiger partial charge in [0.1, 0.15) is 11.5 Å². The molecule has 134 valence electrons. The molecule has 1 fully saturated rings. The van der Waals surface area contributed by atoms with Crippen LogP contribution in [0.2, 0.25) is 0 Å². The maximum absolute atomic E-state index is 13.0. The molecule has 1 aliphatic heterocycles. The molecule has 1 atom stereocenters. The van der Waals surface area contributed by atoms with Crippen molar-refractivity contribution in [1.82, 2.24) is 24.4 Å². The second-order valence-electron chi connectivity index (χ2n) is 6.94. The molecule has 0 aliphatic carbocycles. The number of amides is 1. The zero-order chi connectivity index (χ0) is 17.9. The lowest BCUT2D eigenvalue weighted by Gasteiger charge is -2.32. The van der Waals surface area contributed by atoms with E-state index in [1.54, 1.807) is 6.20 Å². The Bertz CT molecular complexity index is 869. The smallest absolute Gasteiger partial charge is 0.274 e. The fraction of sp³-hybridized carbons (Fsp3) is 0.350. The number of carbonyl (C=O) groups excluding carboxylic acids is 1. The quantitative estimate of drug-likeness (QED) is 0.787. The summed E-state index contributed by atoms with van der Waals surface area (Å²) in [5.74, 6) is 1.23. The molecule has 0 spiro atoms. The number of likely N-dealkylation sites (tertiary alicyclic amines) is 1. The molecule has 1 N–H and O–H groups in total. The van der Waals surface area contributed by atoms with Crippen molar-refractivity contribution in [1.29, 1.82) is 0 Å². The van der Waals surface area contributed by atoms with Crippen LogP contribution in [0.3, 0.4) is 0 Å². The van der Waals surface area contributed by atoms with E-state index in [-0.39, 0.29) is 5.91 Å². The summed E-state index contributed by atoms with van der Waals surface area (Å²) in [6.45, 7) is 4.38. The van der Waals surface area contributed by atoms with Gasteiger partial charge in [-0.25, -0.2) is 9.97 Å². The van der Waals surface area contributed by atoms with Crippen LogP contribution in [0.15, 0.2) is 49.1 Å². The van der Waals surface area contributed by atoms with Crippen molar-refractivity contribution in [3.05, 3.63) is 60.4 Å². The van der Waals surface area contributed by atoms with E-state index < -0.39 is 0 Å². The van der Waals surface area contributed by atoms with E-state index in [0.29, 0.717) is 11.6 Å². The van der Waals surface area contributed by atoms with Gasteiger partial charge in [-0.1, -0.05) is 30.3 Å². The highest BCUT2D eigenvalue weighted by atomic mass is 16.2. The summed E-state index contributed by atoms with van der Waals surface area (Å²) >= 11 is 0. The second-order valence-corrected chi connectivity index (χ2v) is 6.94. The first-order valence-corrected chi connectivity index (χ1v) is 9.08. The molecule has 0 saturated carbocycles. The van der Waals surface area contributed by atoms with Gasteiger partial charge in [0.05, 0.1) is 6.33 Å². The van der Waals surface area contributed by atoms with E-state index in [1.807, 2.05) is 54.7 Å². The van der Waals surface area contributed by atoms with E-state index in [1.165, 1.54) is 0 Å². The molecule has 0 bridgehead atoms. The van der Waals surface area contributed by atoms with Crippen molar-refractivity contribution in [2.45, 2.75) is 26.3 Å². The first-order valence-electron chi connectivity index (χ1n) is 9.08. The number of aryl methyl sites for hydroxylation is 1. The van der Waals surface area contributed by atoms with Crippen LogP contribution in [0, 0.1) is 12.8 Å². The Morgan fingerprint density at radius 2 is 2.15 bits per heavy atom.